The van der Waals surface area contributed by atoms with Gasteiger partial charge in [0.1, 0.15) is 0 Å². The highest BCUT2D eigenvalue weighted by atomic mass is 35.5. The molecule has 0 saturated heterocycles. The van der Waals surface area contributed by atoms with Crippen molar-refractivity contribution in [3.63, 3.8) is 0 Å². The molecule has 0 radical (unpaired) electrons. The van der Waals surface area contributed by atoms with Crippen molar-refractivity contribution in [2.45, 2.75) is 19.9 Å². The standard InChI is InChI=1S/C8H14ClNO2/c1-7(2)10(5-3-4-9)6-8(11)12/h3-4,7H,5-6H2,1-2H3,(H,11,12)/b4-3+. The molecule has 0 amide bonds. The minimum atomic E-state index is -0.813. The maximum Gasteiger partial charge on any atom is 0.317 e. The highest BCUT2D eigenvalue weighted by Gasteiger charge is 2.10. The van der Waals surface area contributed by atoms with Crippen LogP contribution < -0.4 is 0 Å². The Bertz CT molecular complexity index is 168. The van der Waals surface area contributed by atoms with E-state index < -0.39 is 5.97 Å². The first-order chi connectivity index (χ1) is 5.57. The zero-order valence-electron chi connectivity index (χ0n) is 7.33. The lowest BCUT2D eigenvalue weighted by atomic mass is 10.3. The fourth-order valence-electron chi connectivity index (χ4n) is 0.807. The smallest absolute Gasteiger partial charge is 0.317 e. The highest BCUT2D eigenvalue weighted by molar-refractivity contribution is 6.25. The summed E-state index contributed by atoms with van der Waals surface area (Å²) in [4.78, 5) is 12.2. The van der Waals surface area contributed by atoms with E-state index in [9.17, 15) is 4.79 Å². The lowest BCUT2D eigenvalue weighted by Gasteiger charge is -2.22. The molecule has 0 aromatic heterocycles. The summed E-state index contributed by atoms with van der Waals surface area (Å²) in [5, 5.41) is 8.53. The summed E-state index contributed by atoms with van der Waals surface area (Å²) < 4.78 is 0. The van der Waals surface area contributed by atoms with Crippen molar-refractivity contribution in [1.82, 2.24) is 4.90 Å². The van der Waals surface area contributed by atoms with Gasteiger partial charge in [0.05, 0.1) is 6.54 Å². The average molecular weight is 192 g/mol. The molecule has 12 heavy (non-hydrogen) atoms. The molecule has 4 heteroatoms. The Balaban J connectivity index is 3.95. The number of rotatable bonds is 5. The Morgan fingerprint density at radius 1 is 1.67 bits per heavy atom. The van der Waals surface area contributed by atoms with Gasteiger partial charge in [-0.15, -0.1) is 0 Å². The van der Waals surface area contributed by atoms with Crippen molar-refractivity contribution < 1.29 is 9.90 Å². The van der Waals surface area contributed by atoms with Gasteiger partial charge in [0.2, 0.25) is 0 Å². The van der Waals surface area contributed by atoms with Crippen LogP contribution in [0.2, 0.25) is 0 Å². The molecule has 1 N–H and O–H groups in total. The number of aliphatic carboxylic acids is 1. The first kappa shape index (κ1) is 11.5. The van der Waals surface area contributed by atoms with Crippen molar-refractivity contribution in [1.29, 1.82) is 0 Å². The third-order valence-electron chi connectivity index (χ3n) is 1.50. The second-order valence-electron chi connectivity index (χ2n) is 2.78. The Morgan fingerprint density at radius 3 is 2.58 bits per heavy atom. The van der Waals surface area contributed by atoms with Crippen LogP contribution in [-0.2, 0) is 4.79 Å². The maximum atomic E-state index is 10.4. The van der Waals surface area contributed by atoms with Crippen molar-refractivity contribution in [3.05, 3.63) is 11.6 Å². The molecular weight excluding hydrogens is 178 g/mol. The second kappa shape index (κ2) is 6.03. The lowest BCUT2D eigenvalue weighted by Crippen LogP contribution is -2.35. The van der Waals surface area contributed by atoms with Crippen molar-refractivity contribution >= 4 is 17.6 Å². The molecule has 0 bridgehead atoms. The van der Waals surface area contributed by atoms with Crippen LogP contribution in [-0.4, -0.2) is 35.1 Å². The fourth-order valence-corrected chi connectivity index (χ4v) is 0.887. The van der Waals surface area contributed by atoms with Gasteiger partial charge in [-0.05, 0) is 13.8 Å². The predicted octanol–water partition coefficient (Wildman–Crippen LogP) is 1.53. The monoisotopic (exact) mass is 191 g/mol. The molecule has 70 valence electrons. The molecule has 0 aliphatic heterocycles. The van der Waals surface area contributed by atoms with Gasteiger partial charge in [-0.2, -0.15) is 0 Å². The van der Waals surface area contributed by atoms with Gasteiger partial charge in [0, 0.05) is 18.1 Å². The second-order valence-corrected chi connectivity index (χ2v) is 3.03. The van der Waals surface area contributed by atoms with Gasteiger partial charge in [-0.3, -0.25) is 9.69 Å². The lowest BCUT2D eigenvalue weighted by molar-refractivity contribution is -0.138. The van der Waals surface area contributed by atoms with Crippen molar-refractivity contribution in [3.8, 4) is 0 Å². The third kappa shape index (κ3) is 5.16. The largest absolute Gasteiger partial charge is 0.480 e. The normalized spacial score (nSPS) is 11.8. The minimum Gasteiger partial charge on any atom is -0.480 e. The summed E-state index contributed by atoms with van der Waals surface area (Å²) in [6.07, 6.45) is 1.73. The molecule has 0 heterocycles. The highest BCUT2D eigenvalue weighted by Crippen LogP contribution is 1.97. The topological polar surface area (TPSA) is 40.5 Å². The van der Waals surface area contributed by atoms with Crippen LogP contribution in [0.5, 0.6) is 0 Å². The van der Waals surface area contributed by atoms with Gasteiger partial charge in [0.15, 0.2) is 0 Å². The van der Waals surface area contributed by atoms with E-state index in [0.717, 1.165) is 0 Å². The summed E-state index contributed by atoms with van der Waals surface area (Å²) in [6.45, 7) is 4.53. The number of carboxylic acids is 1. The van der Waals surface area contributed by atoms with Gasteiger partial charge in [-0.25, -0.2) is 0 Å². The zero-order chi connectivity index (χ0) is 9.56. The molecule has 0 unspecified atom stereocenters. The first-order valence-electron chi connectivity index (χ1n) is 3.79. The van der Waals surface area contributed by atoms with Crippen LogP contribution in [0.1, 0.15) is 13.8 Å². The van der Waals surface area contributed by atoms with E-state index in [2.05, 4.69) is 0 Å². The number of nitrogens with zero attached hydrogens (tertiary/aromatic N) is 1. The molecule has 0 aliphatic rings. The van der Waals surface area contributed by atoms with Gasteiger partial charge in [-0.1, -0.05) is 17.7 Å². The number of carboxylic acid groups (broad SMARTS) is 1. The number of hydrogen-bond donors (Lipinski definition) is 1. The summed E-state index contributed by atoms with van der Waals surface area (Å²) >= 11 is 5.33. The SMILES string of the molecule is CC(C)N(C/C=C/Cl)CC(=O)O. The average Bonchev–Trinajstić information content (AvgIpc) is 1.96. The molecule has 0 rings (SSSR count). The van der Waals surface area contributed by atoms with Crippen LogP contribution in [0.4, 0.5) is 0 Å². The number of carbonyl (C=O) groups is 1. The minimum absolute atomic E-state index is 0.0545. The summed E-state index contributed by atoms with van der Waals surface area (Å²) in [6, 6.07) is 0.217. The van der Waals surface area contributed by atoms with E-state index >= 15 is 0 Å². The Hall–Kier alpha value is -0.540. The van der Waals surface area contributed by atoms with Crippen LogP contribution in [0.3, 0.4) is 0 Å². The molecule has 0 aromatic carbocycles. The molecule has 3 nitrogen and oxygen atoms in total. The fraction of sp³-hybridized carbons (Fsp3) is 0.625. The third-order valence-corrected chi connectivity index (χ3v) is 1.68. The first-order valence-corrected chi connectivity index (χ1v) is 4.22. The summed E-state index contributed by atoms with van der Waals surface area (Å²) in [7, 11) is 0. The maximum absolute atomic E-state index is 10.4. The number of hydrogen-bond acceptors (Lipinski definition) is 2. The van der Waals surface area contributed by atoms with Gasteiger partial charge < -0.3 is 5.11 Å². The summed E-state index contributed by atoms with van der Waals surface area (Å²) in [5.74, 6) is -0.813. The van der Waals surface area contributed by atoms with Gasteiger partial charge in [0.25, 0.3) is 0 Å². The van der Waals surface area contributed by atoms with Crippen molar-refractivity contribution in [2.24, 2.45) is 0 Å². The van der Waals surface area contributed by atoms with Gasteiger partial charge >= 0.3 is 5.97 Å². The molecule has 0 aromatic rings. The molecule has 0 fully saturated rings. The van der Waals surface area contributed by atoms with E-state index in [4.69, 9.17) is 16.7 Å². The van der Waals surface area contributed by atoms with Crippen LogP contribution in [0.15, 0.2) is 11.6 Å². The Kier molecular flexibility index (Phi) is 5.76. The predicted molar refractivity (Wildman–Crippen MR) is 49.3 cm³/mol. The summed E-state index contributed by atoms with van der Waals surface area (Å²) in [5.41, 5.74) is 1.40. The van der Waals surface area contributed by atoms with E-state index in [1.54, 1.807) is 11.0 Å². The van der Waals surface area contributed by atoms with E-state index in [-0.39, 0.29) is 12.6 Å². The van der Waals surface area contributed by atoms with E-state index in [1.165, 1.54) is 5.54 Å². The molecule has 0 atom stereocenters. The Morgan fingerprint density at radius 2 is 2.25 bits per heavy atom. The number of halogens is 1. The van der Waals surface area contributed by atoms with Crippen LogP contribution in [0.25, 0.3) is 0 Å². The molecule has 0 spiro atoms. The molecule has 0 aliphatic carbocycles. The molecule has 0 saturated carbocycles. The van der Waals surface area contributed by atoms with E-state index in [1.807, 2.05) is 13.8 Å². The molecular formula is C8H14ClNO2. The Labute approximate surface area is 77.6 Å². The van der Waals surface area contributed by atoms with Crippen LogP contribution >= 0.6 is 11.6 Å². The van der Waals surface area contributed by atoms with Crippen LogP contribution in [0, 0.1) is 0 Å². The van der Waals surface area contributed by atoms with Crippen molar-refractivity contribution in [2.75, 3.05) is 13.1 Å². The zero-order valence-corrected chi connectivity index (χ0v) is 8.08. The van der Waals surface area contributed by atoms with E-state index in [0.29, 0.717) is 6.54 Å². The quantitative estimate of drug-likeness (QED) is 0.717.